The highest BCUT2D eigenvalue weighted by molar-refractivity contribution is 5.78. The minimum absolute atomic E-state index is 0.0586. The SMILES string of the molecule is C=CCCC(=O)N1CCC[C@]2(CCC(=O)N(Cc3ccncc3)C2)C1. The molecular weight excluding hydrogens is 314 g/mol. The van der Waals surface area contributed by atoms with Crippen LogP contribution in [0.3, 0.4) is 0 Å². The lowest BCUT2D eigenvalue weighted by molar-refractivity contribution is -0.143. The Labute approximate surface area is 149 Å². The monoisotopic (exact) mass is 341 g/mol. The molecule has 1 aromatic rings. The topological polar surface area (TPSA) is 53.5 Å². The van der Waals surface area contributed by atoms with Gasteiger partial charge in [-0.3, -0.25) is 14.6 Å². The summed E-state index contributed by atoms with van der Waals surface area (Å²) < 4.78 is 0. The third-order valence-electron chi connectivity index (χ3n) is 5.45. The zero-order valence-corrected chi connectivity index (χ0v) is 14.8. The Balaban J connectivity index is 1.67. The lowest BCUT2D eigenvalue weighted by atomic mass is 9.73. The molecule has 3 heterocycles. The van der Waals surface area contributed by atoms with Crippen molar-refractivity contribution >= 4 is 11.8 Å². The van der Waals surface area contributed by atoms with Gasteiger partial charge in [-0.15, -0.1) is 6.58 Å². The average Bonchev–Trinajstić information content (AvgIpc) is 2.64. The molecule has 134 valence electrons. The van der Waals surface area contributed by atoms with Crippen molar-refractivity contribution in [2.24, 2.45) is 5.41 Å². The summed E-state index contributed by atoms with van der Waals surface area (Å²) in [5, 5.41) is 0. The zero-order chi connectivity index (χ0) is 17.7. The number of carbonyl (C=O) groups is 2. The van der Waals surface area contributed by atoms with Crippen LogP contribution in [0.15, 0.2) is 37.2 Å². The van der Waals surface area contributed by atoms with E-state index in [9.17, 15) is 9.59 Å². The van der Waals surface area contributed by atoms with Crippen molar-refractivity contribution in [2.45, 2.75) is 45.1 Å². The van der Waals surface area contributed by atoms with Crippen LogP contribution in [0.4, 0.5) is 0 Å². The fraction of sp³-hybridized carbons (Fsp3) is 0.550. The van der Waals surface area contributed by atoms with Gasteiger partial charge < -0.3 is 9.80 Å². The van der Waals surface area contributed by atoms with Gasteiger partial charge in [-0.1, -0.05) is 6.08 Å². The summed E-state index contributed by atoms with van der Waals surface area (Å²) in [7, 11) is 0. The van der Waals surface area contributed by atoms with Gasteiger partial charge in [0.25, 0.3) is 0 Å². The van der Waals surface area contributed by atoms with Gasteiger partial charge in [-0.05, 0) is 43.4 Å². The molecule has 0 unspecified atom stereocenters. The van der Waals surface area contributed by atoms with E-state index >= 15 is 0 Å². The first-order valence-electron chi connectivity index (χ1n) is 9.17. The highest BCUT2D eigenvalue weighted by atomic mass is 16.2. The zero-order valence-electron chi connectivity index (χ0n) is 14.8. The molecule has 2 aliphatic rings. The van der Waals surface area contributed by atoms with Crippen LogP contribution in [0.2, 0.25) is 0 Å². The molecule has 1 spiro atoms. The van der Waals surface area contributed by atoms with E-state index in [1.165, 1.54) is 0 Å². The van der Waals surface area contributed by atoms with Gasteiger partial charge in [0.2, 0.25) is 11.8 Å². The fourth-order valence-corrected chi connectivity index (χ4v) is 4.09. The van der Waals surface area contributed by atoms with Gasteiger partial charge in [0.05, 0.1) is 0 Å². The molecule has 3 rings (SSSR count). The predicted molar refractivity (Wildman–Crippen MR) is 96.6 cm³/mol. The van der Waals surface area contributed by atoms with E-state index in [1.54, 1.807) is 18.5 Å². The van der Waals surface area contributed by atoms with E-state index < -0.39 is 0 Å². The lowest BCUT2D eigenvalue weighted by Gasteiger charge is -2.48. The summed E-state index contributed by atoms with van der Waals surface area (Å²) in [4.78, 5) is 32.8. The Bertz CT molecular complexity index is 631. The van der Waals surface area contributed by atoms with Crippen LogP contribution in [0, 0.1) is 5.41 Å². The number of carbonyl (C=O) groups excluding carboxylic acids is 2. The lowest BCUT2D eigenvalue weighted by Crippen LogP contribution is -2.54. The van der Waals surface area contributed by atoms with Gasteiger partial charge in [0, 0.05) is 56.8 Å². The van der Waals surface area contributed by atoms with Gasteiger partial charge in [-0.2, -0.15) is 0 Å². The standard InChI is InChI=1S/C20H27N3O2/c1-2-3-5-18(24)22-13-4-9-20(15-22)10-6-19(25)23(16-20)14-17-7-11-21-12-8-17/h2,7-8,11-12H,1,3-6,9-10,13-16H2/t20-/m0/s1. The number of piperidine rings is 2. The molecule has 2 fully saturated rings. The van der Waals surface area contributed by atoms with Crippen LogP contribution in [-0.4, -0.2) is 46.2 Å². The number of aromatic nitrogens is 1. The van der Waals surface area contributed by atoms with Crippen LogP contribution < -0.4 is 0 Å². The number of pyridine rings is 1. The van der Waals surface area contributed by atoms with E-state index in [-0.39, 0.29) is 17.2 Å². The first-order valence-corrected chi connectivity index (χ1v) is 9.17. The van der Waals surface area contributed by atoms with Crippen LogP contribution in [0.1, 0.15) is 44.1 Å². The van der Waals surface area contributed by atoms with Crippen molar-refractivity contribution in [3.8, 4) is 0 Å². The molecule has 2 amide bonds. The minimum atomic E-state index is 0.0586. The first kappa shape index (κ1) is 17.6. The fourth-order valence-electron chi connectivity index (χ4n) is 4.09. The van der Waals surface area contributed by atoms with E-state index in [1.807, 2.05) is 21.9 Å². The molecule has 0 aromatic carbocycles. The van der Waals surface area contributed by atoms with Crippen LogP contribution >= 0.6 is 0 Å². The normalized spacial score (nSPS) is 23.8. The number of likely N-dealkylation sites (tertiary alicyclic amines) is 2. The summed E-state index contributed by atoms with van der Waals surface area (Å²) in [5.41, 5.74) is 1.17. The highest BCUT2D eigenvalue weighted by Crippen LogP contribution is 2.39. The second-order valence-electron chi connectivity index (χ2n) is 7.35. The Morgan fingerprint density at radius 1 is 1.28 bits per heavy atom. The Kier molecular flexibility index (Phi) is 5.51. The molecule has 25 heavy (non-hydrogen) atoms. The van der Waals surface area contributed by atoms with Crippen LogP contribution in [-0.2, 0) is 16.1 Å². The number of nitrogens with zero attached hydrogens (tertiary/aromatic N) is 3. The maximum Gasteiger partial charge on any atom is 0.222 e. The highest BCUT2D eigenvalue weighted by Gasteiger charge is 2.42. The first-order chi connectivity index (χ1) is 12.1. The molecule has 0 aliphatic carbocycles. The summed E-state index contributed by atoms with van der Waals surface area (Å²) in [6, 6.07) is 3.92. The molecule has 0 N–H and O–H groups in total. The molecule has 0 saturated carbocycles. The minimum Gasteiger partial charge on any atom is -0.342 e. The molecule has 1 atom stereocenters. The molecule has 2 aliphatic heterocycles. The van der Waals surface area contributed by atoms with Gasteiger partial charge in [0.15, 0.2) is 0 Å². The van der Waals surface area contributed by atoms with Crippen molar-refractivity contribution in [3.05, 3.63) is 42.7 Å². The quantitative estimate of drug-likeness (QED) is 0.774. The number of amides is 2. The maximum atomic E-state index is 12.4. The predicted octanol–water partition coefficient (Wildman–Crippen LogP) is 2.78. The van der Waals surface area contributed by atoms with E-state index in [0.29, 0.717) is 19.4 Å². The number of allylic oxidation sites excluding steroid dienone is 1. The molecule has 0 radical (unpaired) electrons. The molecule has 0 bridgehead atoms. The average molecular weight is 341 g/mol. The number of hydrogen-bond acceptors (Lipinski definition) is 3. The number of rotatable bonds is 5. The summed E-state index contributed by atoms with van der Waals surface area (Å²) >= 11 is 0. The molecule has 1 aromatic heterocycles. The molecule has 5 heteroatoms. The molecule has 2 saturated heterocycles. The number of hydrogen-bond donors (Lipinski definition) is 0. The van der Waals surface area contributed by atoms with E-state index in [0.717, 1.165) is 50.9 Å². The van der Waals surface area contributed by atoms with Gasteiger partial charge >= 0.3 is 0 Å². The Hall–Kier alpha value is -2.17. The maximum absolute atomic E-state index is 12.4. The third kappa shape index (κ3) is 4.27. The van der Waals surface area contributed by atoms with Gasteiger partial charge in [-0.25, -0.2) is 0 Å². The molecule has 5 nitrogen and oxygen atoms in total. The Morgan fingerprint density at radius 3 is 2.84 bits per heavy atom. The van der Waals surface area contributed by atoms with Gasteiger partial charge in [0.1, 0.15) is 0 Å². The summed E-state index contributed by atoms with van der Waals surface area (Å²) in [5.74, 6) is 0.439. The largest absolute Gasteiger partial charge is 0.342 e. The van der Waals surface area contributed by atoms with Crippen molar-refractivity contribution < 1.29 is 9.59 Å². The van der Waals surface area contributed by atoms with Crippen molar-refractivity contribution in [1.29, 1.82) is 0 Å². The molecular formula is C20H27N3O2. The van der Waals surface area contributed by atoms with E-state index in [4.69, 9.17) is 0 Å². The third-order valence-corrected chi connectivity index (χ3v) is 5.45. The van der Waals surface area contributed by atoms with Crippen molar-refractivity contribution in [1.82, 2.24) is 14.8 Å². The smallest absolute Gasteiger partial charge is 0.222 e. The van der Waals surface area contributed by atoms with Crippen LogP contribution in [0.25, 0.3) is 0 Å². The second kappa shape index (κ2) is 7.81. The summed E-state index contributed by atoms with van der Waals surface area (Å²) in [6.07, 6.45) is 10.2. The second-order valence-corrected chi connectivity index (χ2v) is 7.35. The van der Waals surface area contributed by atoms with Crippen molar-refractivity contribution in [3.63, 3.8) is 0 Å². The van der Waals surface area contributed by atoms with E-state index in [2.05, 4.69) is 11.6 Å². The van der Waals surface area contributed by atoms with Crippen molar-refractivity contribution in [2.75, 3.05) is 19.6 Å². The van der Waals surface area contributed by atoms with Crippen LogP contribution in [0.5, 0.6) is 0 Å². The summed E-state index contributed by atoms with van der Waals surface area (Å²) in [6.45, 7) is 6.71. The Morgan fingerprint density at radius 2 is 2.08 bits per heavy atom.